The molecule has 5 rings (SSSR count). The number of amides is 2. The van der Waals surface area contributed by atoms with E-state index in [2.05, 4.69) is 10.6 Å². The second-order valence-electron chi connectivity index (χ2n) is 9.54. The van der Waals surface area contributed by atoms with E-state index in [-0.39, 0.29) is 49.3 Å². The Morgan fingerprint density at radius 1 is 1.05 bits per heavy atom. The zero-order chi connectivity index (χ0) is 29.0. The minimum atomic E-state index is -4.16. The molecule has 216 valence electrons. The first kappa shape index (κ1) is 28.4. The Morgan fingerprint density at radius 2 is 1.63 bits per heavy atom. The average Bonchev–Trinajstić information content (AvgIpc) is 3.33. The van der Waals surface area contributed by atoms with Gasteiger partial charge in [-0.05, 0) is 24.3 Å². The lowest BCUT2D eigenvalue weighted by atomic mass is 10.2. The largest absolute Gasteiger partial charge is 0.454 e. The van der Waals surface area contributed by atoms with Crippen molar-refractivity contribution >= 4 is 31.0 Å². The van der Waals surface area contributed by atoms with Gasteiger partial charge in [-0.1, -0.05) is 36.4 Å². The van der Waals surface area contributed by atoms with Crippen molar-refractivity contribution < 1.29 is 36.7 Å². The van der Waals surface area contributed by atoms with Crippen molar-refractivity contribution in [3.63, 3.8) is 0 Å². The molecule has 2 atom stereocenters. The fourth-order valence-electron chi connectivity index (χ4n) is 4.71. The molecule has 0 saturated carbocycles. The standard InChI is InChI=1S/C28H29F2N4O6P/c1-19(35)32-16-23-18-34(28(36)38-23)20-14-24(29)27(25(30)15-20)33-13-12-31-17-26(33)41(37,39-21-8-4-2-5-9-21)40-22-10-6-3-7-11-22/h2-11,14-15,23,26,31H,12-13,16-18H2,1H3,(H,32,35). The molecule has 10 nitrogen and oxygen atoms in total. The molecule has 2 heterocycles. The number of carbonyl (C=O) groups is 2. The maximum atomic E-state index is 15.7. The maximum Gasteiger partial charge on any atom is 0.454 e. The van der Waals surface area contributed by atoms with Gasteiger partial charge in [0, 0.05) is 38.7 Å². The molecule has 2 aliphatic rings. The molecular weight excluding hydrogens is 557 g/mol. The van der Waals surface area contributed by atoms with Crippen LogP contribution in [0.25, 0.3) is 0 Å². The molecule has 41 heavy (non-hydrogen) atoms. The van der Waals surface area contributed by atoms with Gasteiger partial charge in [-0.2, -0.15) is 0 Å². The molecule has 0 aromatic heterocycles. The number of rotatable bonds is 9. The van der Waals surface area contributed by atoms with Crippen molar-refractivity contribution in [3.8, 4) is 11.5 Å². The number of nitrogens with one attached hydrogen (secondary N) is 2. The van der Waals surface area contributed by atoms with E-state index in [9.17, 15) is 14.2 Å². The van der Waals surface area contributed by atoms with E-state index < -0.39 is 42.9 Å². The van der Waals surface area contributed by atoms with E-state index in [4.69, 9.17) is 13.8 Å². The molecule has 0 radical (unpaired) electrons. The quantitative estimate of drug-likeness (QED) is 0.353. The van der Waals surface area contributed by atoms with Gasteiger partial charge in [0.1, 0.15) is 23.3 Å². The van der Waals surface area contributed by atoms with Crippen LogP contribution in [-0.4, -0.2) is 56.6 Å². The second kappa shape index (κ2) is 12.2. The number of halogens is 2. The SMILES string of the molecule is CC(=O)NCC1CN(c2cc(F)c(N3CCNCC3P(=O)(Oc3ccccc3)Oc3ccccc3)c(F)c2)C(=O)O1. The molecule has 0 bridgehead atoms. The van der Waals surface area contributed by atoms with Crippen molar-refractivity contribution in [1.82, 2.24) is 10.6 Å². The predicted molar refractivity (Wildman–Crippen MR) is 148 cm³/mol. The van der Waals surface area contributed by atoms with Crippen LogP contribution in [0.2, 0.25) is 0 Å². The fraction of sp³-hybridized carbons (Fsp3) is 0.286. The summed E-state index contributed by atoms with van der Waals surface area (Å²) in [5.41, 5.74) is -0.467. The van der Waals surface area contributed by atoms with E-state index in [1.165, 1.54) is 11.8 Å². The van der Waals surface area contributed by atoms with Crippen LogP contribution in [0.3, 0.4) is 0 Å². The topological polar surface area (TPSA) is 109 Å². The van der Waals surface area contributed by atoms with Gasteiger partial charge in [0.25, 0.3) is 0 Å². The third kappa shape index (κ3) is 6.44. The summed E-state index contributed by atoms with van der Waals surface area (Å²) < 4.78 is 63.1. The Labute approximate surface area is 235 Å². The Kier molecular flexibility index (Phi) is 8.41. The van der Waals surface area contributed by atoms with Gasteiger partial charge in [0.2, 0.25) is 5.91 Å². The van der Waals surface area contributed by atoms with Gasteiger partial charge in [0.05, 0.1) is 18.8 Å². The smallest absolute Gasteiger partial charge is 0.442 e. The highest BCUT2D eigenvalue weighted by molar-refractivity contribution is 7.55. The molecule has 3 aromatic carbocycles. The van der Waals surface area contributed by atoms with Crippen LogP contribution in [0.4, 0.5) is 25.0 Å². The van der Waals surface area contributed by atoms with E-state index in [1.54, 1.807) is 60.7 Å². The Bertz CT molecular complexity index is 1380. The molecule has 2 unspecified atom stereocenters. The highest BCUT2D eigenvalue weighted by Gasteiger charge is 2.46. The van der Waals surface area contributed by atoms with E-state index in [0.29, 0.717) is 6.54 Å². The maximum absolute atomic E-state index is 15.7. The molecule has 13 heteroatoms. The number of anilines is 2. The third-order valence-corrected chi connectivity index (χ3v) is 8.71. The number of carbonyl (C=O) groups excluding carboxylic acids is 2. The first-order valence-electron chi connectivity index (χ1n) is 13.0. The number of cyclic esters (lactones) is 1. The van der Waals surface area contributed by atoms with Crippen LogP contribution < -0.4 is 29.5 Å². The van der Waals surface area contributed by atoms with Gasteiger partial charge in [0.15, 0.2) is 17.4 Å². The van der Waals surface area contributed by atoms with Crippen molar-refractivity contribution in [2.24, 2.45) is 0 Å². The Hall–Kier alpha value is -4.15. The Morgan fingerprint density at radius 3 is 2.20 bits per heavy atom. The van der Waals surface area contributed by atoms with E-state index in [0.717, 1.165) is 17.0 Å². The van der Waals surface area contributed by atoms with Gasteiger partial charge in [-0.15, -0.1) is 0 Å². The number of hydrogen-bond donors (Lipinski definition) is 2. The van der Waals surface area contributed by atoms with E-state index >= 15 is 8.78 Å². The lowest BCUT2D eigenvalue weighted by Gasteiger charge is -2.40. The van der Waals surface area contributed by atoms with Crippen LogP contribution >= 0.6 is 7.60 Å². The van der Waals surface area contributed by atoms with Crippen molar-refractivity contribution in [1.29, 1.82) is 0 Å². The average molecular weight is 587 g/mol. The molecule has 0 spiro atoms. The van der Waals surface area contributed by atoms with Crippen LogP contribution in [0, 0.1) is 11.6 Å². The fourth-order valence-corrected chi connectivity index (χ4v) is 6.75. The zero-order valence-corrected chi connectivity index (χ0v) is 23.1. The summed E-state index contributed by atoms with van der Waals surface area (Å²) in [5.74, 6) is -2.78. The lowest BCUT2D eigenvalue weighted by molar-refractivity contribution is -0.119. The van der Waals surface area contributed by atoms with Crippen molar-refractivity contribution in [2.75, 3.05) is 42.5 Å². The normalized spacial score (nSPS) is 19.0. The number of nitrogens with zero attached hydrogens (tertiary/aromatic N) is 2. The number of piperazine rings is 1. The van der Waals surface area contributed by atoms with Crippen molar-refractivity contribution in [2.45, 2.75) is 18.8 Å². The minimum Gasteiger partial charge on any atom is -0.442 e. The zero-order valence-electron chi connectivity index (χ0n) is 22.2. The first-order valence-corrected chi connectivity index (χ1v) is 14.6. The van der Waals surface area contributed by atoms with Crippen LogP contribution in [0.5, 0.6) is 11.5 Å². The molecule has 3 aromatic rings. The van der Waals surface area contributed by atoms with Crippen molar-refractivity contribution in [3.05, 3.63) is 84.4 Å². The summed E-state index contributed by atoms with van der Waals surface area (Å²) in [6.45, 7) is 1.91. The highest BCUT2D eigenvalue weighted by Crippen LogP contribution is 2.55. The first-order chi connectivity index (χ1) is 19.7. The summed E-state index contributed by atoms with van der Waals surface area (Å²) in [6.07, 6.45) is -1.46. The number of para-hydroxylation sites is 2. The minimum absolute atomic E-state index is 0.00136. The van der Waals surface area contributed by atoms with Crippen LogP contribution in [0.1, 0.15) is 6.92 Å². The molecule has 2 N–H and O–H groups in total. The summed E-state index contributed by atoms with van der Waals surface area (Å²) in [7, 11) is -4.16. The number of ether oxygens (including phenoxy) is 1. The summed E-state index contributed by atoms with van der Waals surface area (Å²) in [6, 6.07) is 18.9. The number of benzene rings is 3. The molecular formula is C28H29F2N4O6P. The van der Waals surface area contributed by atoms with Crippen LogP contribution in [0.15, 0.2) is 72.8 Å². The molecule has 0 aliphatic carbocycles. The van der Waals surface area contributed by atoms with E-state index in [1.807, 2.05) is 0 Å². The van der Waals surface area contributed by atoms with Gasteiger partial charge < -0.3 is 29.3 Å². The summed E-state index contributed by atoms with van der Waals surface area (Å²) >= 11 is 0. The number of hydrogen-bond acceptors (Lipinski definition) is 8. The molecule has 2 fully saturated rings. The van der Waals surface area contributed by atoms with Crippen LogP contribution in [-0.2, 0) is 14.1 Å². The second-order valence-corrected chi connectivity index (χ2v) is 11.6. The van der Waals surface area contributed by atoms with Gasteiger partial charge in [-0.3, -0.25) is 9.69 Å². The highest BCUT2D eigenvalue weighted by atomic mass is 31.2. The predicted octanol–water partition coefficient (Wildman–Crippen LogP) is 4.51. The third-order valence-electron chi connectivity index (χ3n) is 6.59. The summed E-state index contributed by atoms with van der Waals surface area (Å²) in [5, 5.41) is 5.67. The monoisotopic (exact) mass is 586 g/mol. The lowest BCUT2D eigenvalue weighted by Crippen LogP contribution is -2.53. The molecule has 2 saturated heterocycles. The van der Waals surface area contributed by atoms with Gasteiger partial charge in [-0.25, -0.2) is 18.1 Å². The molecule has 2 aliphatic heterocycles. The summed E-state index contributed by atoms with van der Waals surface area (Å²) in [4.78, 5) is 26.1. The Balaban J connectivity index is 1.46. The van der Waals surface area contributed by atoms with Gasteiger partial charge >= 0.3 is 13.7 Å². The molecule has 2 amide bonds.